The van der Waals surface area contributed by atoms with Crippen LogP contribution in [-0.2, 0) is 4.74 Å². The molecule has 0 amide bonds. The van der Waals surface area contributed by atoms with Crippen LogP contribution in [0.1, 0.15) is 53.4 Å². The van der Waals surface area contributed by atoms with E-state index in [0.717, 1.165) is 18.8 Å². The molecule has 0 radical (unpaired) electrons. The third kappa shape index (κ3) is 3.59. The monoisotopic (exact) mass is 380 g/mol. The summed E-state index contributed by atoms with van der Waals surface area (Å²) in [4.78, 5) is 0. The molecule has 0 saturated heterocycles. The van der Waals surface area contributed by atoms with Crippen LogP contribution >= 0.6 is 24.0 Å². The van der Waals surface area contributed by atoms with Crippen LogP contribution in [0, 0.1) is 28.1 Å². The molecule has 3 fully saturated rings. The number of hydrogen-bond donors (Lipinski definition) is 1. The molecule has 4 rings (SSSR count). The van der Waals surface area contributed by atoms with Crippen LogP contribution in [0.4, 0.5) is 0 Å². The van der Waals surface area contributed by atoms with Gasteiger partial charge >= 0.3 is 0 Å². The van der Waals surface area contributed by atoms with Crippen LogP contribution in [-0.4, -0.2) is 28.0 Å². The van der Waals surface area contributed by atoms with E-state index in [1.165, 1.54) is 12.8 Å². The van der Waals surface area contributed by atoms with Crippen molar-refractivity contribution in [2.24, 2.45) is 28.1 Å². The quantitative estimate of drug-likeness (QED) is 0.525. The Balaban J connectivity index is 1.72. The lowest BCUT2D eigenvalue weighted by Gasteiger charge is -2.67. The smallest absolute Gasteiger partial charge is 0.219 e. The Labute approximate surface area is 162 Å². The zero-order chi connectivity index (χ0) is 18.5. The Morgan fingerprint density at radius 3 is 2.40 bits per heavy atom. The van der Waals surface area contributed by atoms with Crippen molar-refractivity contribution in [3.05, 3.63) is 24.3 Å². The number of aliphatic hydroxyl groups is 1. The molecule has 4 aliphatic carbocycles. The number of thiocarbonyl (C=S) groups is 1. The van der Waals surface area contributed by atoms with Crippen molar-refractivity contribution >= 4 is 28.4 Å². The highest BCUT2D eigenvalue weighted by Gasteiger charge is 2.63. The number of rotatable bonds is 4. The SMILES string of the molecule is CSC(=S)O[C@H]1C[C@](C)(CCC2(C)C=CC(O)C=C2)[C@@H]2C[C@H]1C2(C)C. The first-order valence-corrected chi connectivity index (χ1v) is 11.0. The van der Waals surface area contributed by atoms with Gasteiger partial charge in [0.25, 0.3) is 0 Å². The van der Waals surface area contributed by atoms with Crippen molar-refractivity contribution in [3.8, 4) is 0 Å². The molecule has 0 aromatic carbocycles. The lowest BCUT2D eigenvalue weighted by molar-refractivity contribution is -0.205. The van der Waals surface area contributed by atoms with Crippen LogP contribution in [0.2, 0.25) is 0 Å². The van der Waals surface area contributed by atoms with Crippen molar-refractivity contribution < 1.29 is 9.84 Å². The molecule has 0 heterocycles. The largest absolute Gasteiger partial charge is 0.475 e. The molecule has 0 spiro atoms. The van der Waals surface area contributed by atoms with Gasteiger partial charge in [0.1, 0.15) is 6.10 Å². The Hall–Kier alpha value is -0.320. The van der Waals surface area contributed by atoms with Gasteiger partial charge < -0.3 is 9.84 Å². The number of thioether (sulfide) groups is 1. The highest BCUT2D eigenvalue weighted by Crippen LogP contribution is 2.68. The topological polar surface area (TPSA) is 29.5 Å². The third-order valence-electron chi connectivity index (χ3n) is 7.30. The molecule has 2 nitrogen and oxygen atoms in total. The summed E-state index contributed by atoms with van der Waals surface area (Å²) in [5.74, 6) is 1.40. The van der Waals surface area contributed by atoms with Crippen molar-refractivity contribution in [1.82, 2.24) is 0 Å². The van der Waals surface area contributed by atoms with Gasteiger partial charge in [-0.3, -0.25) is 0 Å². The van der Waals surface area contributed by atoms with E-state index in [9.17, 15) is 5.11 Å². The first-order chi connectivity index (χ1) is 11.6. The van der Waals surface area contributed by atoms with Gasteiger partial charge in [-0.15, -0.1) is 0 Å². The van der Waals surface area contributed by atoms with Gasteiger partial charge in [0.15, 0.2) is 0 Å². The molecule has 0 aromatic heterocycles. The fourth-order valence-electron chi connectivity index (χ4n) is 5.57. The molecule has 0 aliphatic heterocycles. The van der Waals surface area contributed by atoms with Gasteiger partial charge in [0.05, 0.1) is 6.10 Å². The number of hydrogen-bond acceptors (Lipinski definition) is 4. The Morgan fingerprint density at radius 1 is 1.20 bits per heavy atom. The minimum absolute atomic E-state index is 0.0535. The fourth-order valence-corrected chi connectivity index (χ4v) is 5.91. The Morgan fingerprint density at radius 2 is 1.84 bits per heavy atom. The maximum atomic E-state index is 9.66. The van der Waals surface area contributed by atoms with Crippen LogP contribution in [0.5, 0.6) is 0 Å². The number of fused-ring (bicyclic) bond motifs is 2. The fraction of sp³-hybridized carbons (Fsp3) is 0.762. The van der Waals surface area contributed by atoms with Crippen molar-refractivity contribution in [3.63, 3.8) is 0 Å². The van der Waals surface area contributed by atoms with E-state index in [-0.39, 0.29) is 16.9 Å². The predicted octanol–water partition coefficient (Wildman–Crippen LogP) is 5.37. The average molecular weight is 381 g/mol. The third-order valence-corrected chi connectivity index (χ3v) is 8.32. The lowest BCUT2D eigenvalue weighted by atomic mass is 9.39. The predicted molar refractivity (Wildman–Crippen MR) is 111 cm³/mol. The highest BCUT2D eigenvalue weighted by molar-refractivity contribution is 8.22. The van der Waals surface area contributed by atoms with E-state index < -0.39 is 6.10 Å². The first kappa shape index (κ1) is 19.4. The van der Waals surface area contributed by atoms with Crippen molar-refractivity contribution in [1.29, 1.82) is 0 Å². The van der Waals surface area contributed by atoms with Crippen LogP contribution in [0.3, 0.4) is 0 Å². The van der Waals surface area contributed by atoms with Gasteiger partial charge in [-0.2, -0.15) is 0 Å². The normalized spacial score (nSPS) is 44.2. The maximum absolute atomic E-state index is 9.66. The van der Waals surface area contributed by atoms with E-state index in [1.807, 2.05) is 18.4 Å². The maximum Gasteiger partial charge on any atom is 0.219 e. The standard InChI is InChI=1S/C21H32O2S2/c1-19(2)15-12-17(19)21(4,13-16(15)23-18(24)25-5)11-10-20(3)8-6-14(22)7-9-20/h6-9,14-17,22H,10-13H2,1-5H3/t14?,15-,16+,17-,20?,21+/m1/s1. The van der Waals surface area contributed by atoms with Gasteiger partial charge in [-0.05, 0) is 60.9 Å². The molecule has 0 aromatic rings. The summed E-state index contributed by atoms with van der Waals surface area (Å²) in [6.45, 7) is 9.56. The van der Waals surface area contributed by atoms with Crippen LogP contribution in [0.15, 0.2) is 24.3 Å². The molecule has 2 bridgehead atoms. The summed E-state index contributed by atoms with van der Waals surface area (Å²) in [6, 6.07) is 0. The Bertz CT molecular complexity index is 581. The number of aliphatic hydroxyl groups excluding tert-OH is 1. The zero-order valence-electron chi connectivity index (χ0n) is 16.1. The molecular formula is C21H32O2S2. The summed E-state index contributed by atoms with van der Waals surface area (Å²) in [5, 5.41) is 9.66. The first-order valence-electron chi connectivity index (χ1n) is 9.41. The van der Waals surface area contributed by atoms with Crippen LogP contribution < -0.4 is 0 Å². The highest BCUT2D eigenvalue weighted by atomic mass is 32.2. The number of ether oxygens (including phenoxy) is 1. The van der Waals surface area contributed by atoms with Gasteiger partial charge in [0.2, 0.25) is 4.38 Å². The second-order valence-electron chi connectivity index (χ2n) is 9.40. The van der Waals surface area contributed by atoms with Crippen molar-refractivity contribution in [2.75, 3.05) is 6.26 Å². The zero-order valence-corrected chi connectivity index (χ0v) is 17.8. The number of allylic oxidation sites excluding steroid dienone is 2. The summed E-state index contributed by atoms with van der Waals surface area (Å²) in [7, 11) is 0. The second kappa shape index (κ2) is 6.69. The van der Waals surface area contributed by atoms with E-state index in [0.29, 0.717) is 15.7 Å². The molecule has 3 saturated carbocycles. The van der Waals surface area contributed by atoms with Crippen LogP contribution in [0.25, 0.3) is 0 Å². The van der Waals surface area contributed by atoms with Gasteiger partial charge in [-0.25, -0.2) is 0 Å². The van der Waals surface area contributed by atoms with Crippen molar-refractivity contribution in [2.45, 2.75) is 65.6 Å². The summed E-state index contributed by atoms with van der Waals surface area (Å²) < 4.78 is 6.87. The molecule has 4 aliphatic rings. The minimum atomic E-state index is -0.421. The minimum Gasteiger partial charge on any atom is -0.475 e. The molecule has 140 valence electrons. The van der Waals surface area contributed by atoms with E-state index in [1.54, 1.807) is 11.8 Å². The van der Waals surface area contributed by atoms with Gasteiger partial charge in [-0.1, -0.05) is 63.8 Å². The molecule has 25 heavy (non-hydrogen) atoms. The lowest BCUT2D eigenvalue weighted by Crippen LogP contribution is -2.63. The molecule has 4 heteroatoms. The molecule has 4 atom stereocenters. The van der Waals surface area contributed by atoms with E-state index >= 15 is 0 Å². The van der Waals surface area contributed by atoms with Gasteiger partial charge in [0, 0.05) is 11.3 Å². The molecule has 0 unspecified atom stereocenters. The Kier molecular flexibility index (Phi) is 5.20. The summed E-state index contributed by atoms with van der Waals surface area (Å²) in [5.41, 5.74) is 0.677. The molecular weight excluding hydrogens is 348 g/mol. The second-order valence-corrected chi connectivity index (χ2v) is 10.8. The molecule has 1 N–H and O–H groups in total. The summed E-state index contributed by atoms with van der Waals surface area (Å²) >= 11 is 6.89. The van der Waals surface area contributed by atoms with E-state index in [4.69, 9.17) is 17.0 Å². The summed E-state index contributed by atoms with van der Waals surface area (Å²) in [6.07, 6.45) is 14.7. The average Bonchev–Trinajstić information content (AvgIpc) is 2.55. The van der Waals surface area contributed by atoms with E-state index in [2.05, 4.69) is 39.8 Å².